The molecule has 0 fully saturated rings. The predicted octanol–water partition coefficient (Wildman–Crippen LogP) is 7.37. The number of methoxy groups -OCH3 is 1. The Morgan fingerprint density at radius 2 is 1.64 bits per heavy atom. The van der Waals surface area contributed by atoms with Crippen LogP contribution in [0.5, 0.6) is 5.88 Å². The molecule has 8 heteroatoms. The van der Waals surface area contributed by atoms with Gasteiger partial charge in [0.05, 0.1) is 13.7 Å². The lowest BCUT2D eigenvalue weighted by molar-refractivity contribution is -0.118. The zero-order chi connectivity index (χ0) is 34.9. The van der Waals surface area contributed by atoms with E-state index in [4.69, 9.17) is 20.7 Å². The molecule has 0 aliphatic heterocycles. The molecule has 0 unspecified atom stereocenters. The molecule has 1 amide bonds. The second kappa shape index (κ2) is 24.6. The number of allylic oxidation sites excluding steroid dienone is 7. The lowest BCUT2D eigenvalue weighted by Gasteiger charge is -2.13. The molecule has 0 saturated heterocycles. The summed E-state index contributed by atoms with van der Waals surface area (Å²) in [7, 11) is 1.49. The van der Waals surface area contributed by atoms with Crippen molar-refractivity contribution in [3.05, 3.63) is 82.1 Å². The number of benzene rings is 1. The normalized spacial score (nSPS) is 11.7. The quantitative estimate of drug-likeness (QED) is 0.151. The van der Waals surface area contributed by atoms with Crippen LogP contribution in [0, 0.1) is 18.3 Å². The van der Waals surface area contributed by atoms with Crippen molar-refractivity contribution in [2.45, 2.75) is 74.8 Å². The van der Waals surface area contributed by atoms with Crippen LogP contribution < -0.4 is 10.1 Å². The van der Waals surface area contributed by atoms with Crippen molar-refractivity contribution in [3.8, 4) is 29.6 Å². The van der Waals surface area contributed by atoms with Gasteiger partial charge in [-0.2, -0.15) is 4.98 Å². The molecule has 45 heavy (non-hydrogen) atoms. The Kier molecular flexibility index (Phi) is 23.2. The van der Waals surface area contributed by atoms with E-state index in [0.29, 0.717) is 29.6 Å². The highest BCUT2D eigenvalue weighted by atomic mass is 16.5. The largest absolute Gasteiger partial charge is 0.479 e. The van der Waals surface area contributed by atoms with Gasteiger partial charge in [0.25, 0.3) is 0 Å². The number of aromatic nitrogens is 2. The monoisotopic (exact) mass is 617 g/mol. The van der Waals surface area contributed by atoms with Gasteiger partial charge in [0.15, 0.2) is 6.29 Å². The maximum absolute atomic E-state index is 12.0. The Labute approximate surface area is 270 Å². The number of rotatable bonds is 12. The molecule has 1 aromatic carbocycles. The van der Waals surface area contributed by atoms with E-state index in [0.717, 1.165) is 35.0 Å². The minimum absolute atomic E-state index is 0.0707. The van der Waals surface area contributed by atoms with Crippen LogP contribution in [-0.2, 0) is 20.9 Å². The van der Waals surface area contributed by atoms with Gasteiger partial charge < -0.3 is 24.2 Å². The summed E-state index contributed by atoms with van der Waals surface area (Å²) in [5.41, 5.74) is 6.25. The number of imidazole rings is 1. The third-order valence-electron chi connectivity index (χ3n) is 5.97. The fourth-order valence-corrected chi connectivity index (χ4v) is 4.18. The van der Waals surface area contributed by atoms with Crippen LogP contribution in [-0.4, -0.2) is 49.0 Å². The molecule has 1 heterocycles. The predicted molar refractivity (Wildman–Crippen MR) is 185 cm³/mol. The van der Waals surface area contributed by atoms with E-state index in [1.54, 1.807) is 4.57 Å². The minimum Gasteiger partial charge on any atom is -0.479 e. The highest BCUT2D eigenvalue weighted by Gasteiger charge is 2.19. The average molecular weight is 618 g/mol. The van der Waals surface area contributed by atoms with Gasteiger partial charge in [0, 0.05) is 24.6 Å². The number of nitrogens with one attached hydrogen (secondary N) is 1. The molecule has 0 atom stereocenters. The van der Waals surface area contributed by atoms with Crippen molar-refractivity contribution in [1.82, 2.24) is 14.9 Å². The van der Waals surface area contributed by atoms with Crippen LogP contribution in [0.25, 0.3) is 11.4 Å². The number of aldehydes is 1. The van der Waals surface area contributed by atoms with E-state index in [2.05, 4.69) is 56.9 Å². The zero-order valence-electron chi connectivity index (χ0n) is 28.5. The van der Waals surface area contributed by atoms with Crippen LogP contribution in [0.3, 0.4) is 0 Å². The molecular formula is C37H51N3O5. The summed E-state index contributed by atoms with van der Waals surface area (Å²) < 4.78 is 7.14. The van der Waals surface area contributed by atoms with Crippen LogP contribution in [0.15, 0.2) is 76.4 Å². The van der Waals surface area contributed by atoms with Gasteiger partial charge in [0.2, 0.25) is 11.8 Å². The molecule has 244 valence electrons. The maximum Gasteiger partial charge on any atom is 0.243 e. The third-order valence-corrected chi connectivity index (χ3v) is 5.97. The molecule has 0 spiro atoms. The lowest BCUT2D eigenvalue weighted by atomic mass is 9.95. The Morgan fingerprint density at radius 1 is 1.07 bits per heavy atom. The highest BCUT2D eigenvalue weighted by molar-refractivity contribution is 5.78. The first-order valence-corrected chi connectivity index (χ1v) is 14.7. The minimum atomic E-state index is -0.0707. The number of terminal acetylenes is 1. The molecule has 0 aliphatic rings. The first kappa shape index (κ1) is 42.4. The van der Waals surface area contributed by atoms with Crippen LogP contribution in [0.1, 0.15) is 78.7 Å². The lowest BCUT2D eigenvalue weighted by Crippen LogP contribution is -2.22. The van der Waals surface area contributed by atoms with E-state index in [9.17, 15) is 9.59 Å². The van der Waals surface area contributed by atoms with Gasteiger partial charge >= 0.3 is 0 Å². The molecule has 1 aromatic heterocycles. The van der Waals surface area contributed by atoms with Crippen molar-refractivity contribution in [3.63, 3.8) is 0 Å². The molecule has 2 rings (SSSR count). The number of carbonyl (C=O) groups is 4. The van der Waals surface area contributed by atoms with Crippen molar-refractivity contribution in [2.24, 2.45) is 5.92 Å². The second-order valence-electron chi connectivity index (χ2n) is 10.5. The second-order valence-corrected chi connectivity index (χ2v) is 10.5. The van der Waals surface area contributed by atoms with Crippen LogP contribution >= 0.6 is 0 Å². The summed E-state index contributed by atoms with van der Waals surface area (Å²) >= 11 is 0. The number of hydrogen-bond acceptors (Lipinski definition) is 6. The molecule has 8 nitrogen and oxygen atoms in total. The molecule has 0 saturated carbocycles. The number of amides is 1. The van der Waals surface area contributed by atoms with Gasteiger partial charge in [-0.15, -0.1) is 6.42 Å². The summed E-state index contributed by atoms with van der Waals surface area (Å²) in [5, 5.41) is 2.89. The Balaban J connectivity index is 0. The van der Waals surface area contributed by atoms with E-state index in [1.807, 2.05) is 69.9 Å². The van der Waals surface area contributed by atoms with E-state index in [1.165, 1.54) is 26.0 Å². The number of ether oxygens (including phenoxy) is 1. The fourth-order valence-electron chi connectivity index (χ4n) is 4.18. The smallest absolute Gasteiger partial charge is 0.243 e. The molecule has 1 N–H and O–H groups in total. The standard InChI is InChI=1S/C32H39N3O3.C3H8.2CH2O/c1-9-27(20-35-30(21-36)32(38-8)34-31(35)28-13-11-10-12-14-28)16-15-24(5)29(18-23(4)17-22(2)3)25(6)19-33-26(7)37;1-3-2;2*1-2/h1,10-16,18,21-22H,17,19-20H2,2-8H3,(H,33,37);3H2,1-2H3;2*1H2/b23-18+,24-15+,27-16+,29-25-;;;. The number of hydrogen-bond donors (Lipinski definition) is 1. The van der Waals surface area contributed by atoms with Crippen molar-refractivity contribution in [2.75, 3.05) is 13.7 Å². The summed E-state index contributed by atoms with van der Waals surface area (Å²) in [6.45, 7) is 21.1. The third kappa shape index (κ3) is 15.5. The van der Waals surface area contributed by atoms with Gasteiger partial charge in [-0.1, -0.05) is 88.1 Å². The van der Waals surface area contributed by atoms with Crippen LogP contribution in [0.4, 0.5) is 0 Å². The van der Waals surface area contributed by atoms with Gasteiger partial charge in [0.1, 0.15) is 25.1 Å². The summed E-state index contributed by atoms with van der Waals surface area (Å²) in [5.74, 6) is 4.09. The van der Waals surface area contributed by atoms with Gasteiger partial charge in [-0.3, -0.25) is 9.59 Å². The molecule has 2 aromatic rings. The molecule has 0 aliphatic carbocycles. The highest BCUT2D eigenvalue weighted by Crippen LogP contribution is 2.27. The molecular weight excluding hydrogens is 566 g/mol. The van der Waals surface area contributed by atoms with Crippen LogP contribution in [0.2, 0.25) is 0 Å². The van der Waals surface area contributed by atoms with Gasteiger partial charge in [-0.05, 0) is 55.9 Å². The SMILES string of the molecule is C#C\C(=C/C=C(C)/C(/C=C(\C)CC(C)C)=C(/C)CNC(C)=O)Cn1c(-c2ccccc2)nc(OC)c1C=O.C=O.C=O.CCC. The summed E-state index contributed by atoms with van der Waals surface area (Å²) in [4.78, 5) is 44.0. The van der Waals surface area contributed by atoms with Gasteiger partial charge in [-0.25, -0.2) is 0 Å². The van der Waals surface area contributed by atoms with Crippen molar-refractivity contribution >= 4 is 25.8 Å². The van der Waals surface area contributed by atoms with E-state index < -0.39 is 0 Å². The molecule has 0 bridgehead atoms. The Morgan fingerprint density at radius 3 is 2.11 bits per heavy atom. The zero-order valence-corrected chi connectivity index (χ0v) is 28.5. The Bertz CT molecular complexity index is 1350. The fraction of sp³-hybridized carbons (Fsp3) is 0.378. The summed E-state index contributed by atoms with van der Waals surface area (Å²) in [6.07, 6.45) is 14.9. The maximum atomic E-state index is 12.0. The first-order valence-electron chi connectivity index (χ1n) is 14.7. The number of carbonyl (C=O) groups excluding carboxylic acids is 4. The molecule has 0 radical (unpaired) electrons. The van der Waals surface area contributed by atoms with Crippen molar-refractivity contribution < 1.29 is 23.9 Å². The Hall–Kier alpha value is -4.77. The summed E-state index contributed by atoms with van der Waals surface area (Å²) in [6, 6.07) is 9.61. The van der Waals surface area contributed by atoms with Crippen molar-refractivity contribution in [1.29, 1.82) is 0 Å². The van der Waals surface area contributed by atoms with E-state index >= 15 is 0 Å². The van der Waals surface area contributed by atoms with E-state index in [-0.39, 0.29) is 18.3 Å². The topological polar surface area (TPSA) is 107 Å². The average Bonchev–Trinajstić information content (AvgIpc) is 3.40. The first-order chi connectivity index (χ1) is 21.5. The number of nitrogens with zero attached hydrogens (tertiary/aromatic N) is 2.